The van der Waals surface area contributed by atoms with E-state index in [1.807, 2.05) is 31.4 Å². The first kappa shape index (κ1) is 24.8. The number of rotatable bonds is 8. The molecule has 1 heterocycles. The highest BCUT2D eigenvalue weighted by atomic mass is 32.2. The lowest BCUT2D eigenvalue weighted by Gasteiger charge is -2.27. The molecular weight excluding hydrogens is 475 g/mol. The molecule has 0 fully saturated rings. The monoisotopic (exact) mass is 497 g/mol. The van der Waals surface area contributed by atoms with E-state index in [1.165, 1.54) is 23.5 Å². The van der Waals surface area contributed by atoms with Gasteiger partial charge in [0.1, 0.15) is 10.6 Å². The van der Waals surface area contributed by atoms with Crippen LogP contribution in [-0.2, 0) is 34.1 Å². The maximum absolute atomic E-state index is 12.9. The number of nitrogens with zero attached hydrogens (tertiary/aromatic N) is 1. The Balaban J connectivity index is 1.71. The number of carbonyl (C=O) groups is 1. The number of hydrogen-bond donors (Lipinski definition) is 0. The molecule has 0 saturated heterocycles. The van der Waals surface area contributed by atoms with Gasteiger partial charge in [0.15, 0.2) is 0 Å². The van der Waals surface area contributed by atoms with Crippen LogP contribution in [0.2, 0.25) is 0 Å². The quantitative estimate of drug-likeness (QED) is 0.385. The molecule has 0 aliphatic heterocycles. The molecule has 0 radical (unpaired) electrons. The highest BCUT2D eigenvalue weighted by molar-refractivity contribution is 7.87. The van der Waals surface area contributed by atoms with Gasteiger partial charge in [-0.3, -0.25) is 4.79 Å². The van der Waals surface area contributed by atoms with Crippen molar-refractivity contribution < 1.29 is 30.6 Å². The Morgan fingerprint density at radius 2 is 1.76 bits per heavy atom. The van der Waals surface area contributed by atoms with Crippen LogP contribution in [0.15, 0.2) is 70.9 Å². The Morgan fingerprint density at radius 1 is 1.06 bits per heavy atom. The molecule has 1 aromatic heterocycles. The third-order valence-corrected chi connectivity index (χ3v) is 6.90. The summed E-state index contributed by atoms with van der Waals surface area (Å²) in [6.07, 6.45) is -4.37. The van der Waals surface area contributed by atoms with Crippen molar-refractivity contribution in [3.05, 3.63) is 82.0 Å². The van der Waals surface area contributed by atoms with E-state index in [9.17, 15) is 26.4 Å². The van der Waals surface area contributed by atoms with E-state index in [1.54, 1.807) is 17.0 Å². The molecular formula is C23H22F3NO4S2. The average Bonchev–Trinajstić information content (AvgIpc) is 3.25. The van der Waals surface area contributed by atoms with Crippen molar-refractivity contribution in [1.82, 2.24) is 4.90 Å². The normalized spacial score (nSPS) is 12.1. The van der Waals surface area contributed by atoms with E-state index in [4.69, 9.17) is 4.18 Å². The van der Waals surface area contributed by atoms with Crippen LogP contribution in [0, 0.1) is 0 Å². The molecule has 33 heavy (non-hydrogen) atoms. The lowest BCUT2D eigenvalue weighted by molar-refractivity contribution is -0.137. The van der Waals surface area contributed by atoms with Crippen LogP contribution in [0.25, 0.3) is 0 Å². The summed E-state index contributed by atoms with van der Waals surface area (Å²) in [6.45, 7) is 4.14. The van der Waals surface area contributed by atoms with E-state index < -0.39 is 26.8 Å². The molecule has 0 N–H and O–H groups in total. The second-order valence-electron chi connectivity index (χ2n) is 7.58. The van der Waals surface area contributed by atoms with Crippen molar-refractivity contribution in [3.63, 3.8) is 0 Å². The van der Waals surface area contributed by atoms with Crippen LogP contribution in [0.5, 0.6) is 5.75 Å². The van der Waals surface area contributed by atoms with Gasteiger partial charge in [-0.1, -0.05) is 24.3 Å². The first-order chi connectivity index (χ1) is 15.5. The Labute approximate surface area is 194 Å². The van der Waals surface area contributed by atoms with Gasteiger partial charge in [0.2, 0.25) is 5.91 Å². The van der Waals surface area contributed by atoms with Gasteiger partial charge >= 0.3 is 16.3 Å². The second-order valence-corrected chi connectivity index (χ2v) is 10.2. The molecule has 2 aromatic carbocycles. The van der Waals surface area contributed by atoms with Crippen molar-refractivity contribution in [1.29, 1.82) is 0 Å². The molecule has 10 heteroatoms. The van der Waals surface area contributed by atoms with Gasteiger partial charge in [0.25, 0.3) is 0 Å². The van der Waals surface area contributed by atoms with E-state index in [0.29, 0.717) is 19.0 Å². The Hall–Kier alpha value is -2.85. The maximum Gasteiger partial charge on any atom is 0.416 e. The molecule has 0 aliphatic rings. The fourth-order valence-electron chi connectivity index (χ4n) is 3.07. The number of alkyl halides is 3. The van der Waals surface area contributed by atoms with Crippen LogP contribution in [0.4, 0.5) is 13.2 Å². The summed E-state index contributed by atoms with van der Waals surface area (Å²) in [6, 6.07) is 13.2. The summed E-state index contributed by atoms with van der Waals surface area (Å²) in [4.78, 5) is 14.8. The van der Waals surface area contributed by atoms with Gasteiger partial charge in [-0.05, 0) is 61.2 Å². The smallest absolute Gasteiger partial charge is 0.379 e. The number of thiophene rings is 1. The molecule has 0 aliphatic carbocycles. The molecule has 0 atom stereocenters. The van der Waals surface area contributed by atoms with Crippen LogP contribution >= 0.6 is 11.3 Å². The molecule has 176 valence electrons. The van der Waals surface area contributed by atoms with Gasteiger partial charge < -0.3 is 9.08 Å². The summed E-state index contributed by atoms with van der Waals surface area (Å²) in [5, 5.41) is 1.91. The Morgan fingerprint density at radius 3 is 2.33 bits per heavy atom. The Kier molecular flexibility index (Phi) is 7.48. The van der Waals surface area contributed by atoms with Crippen LogP contribution in [0.3, 0.4) is 0 Å². The predicted molar refractivity (Wildman–Crippen MR) is 119 cm³/mol. The SMILES string of the molecule is CC(C)N(Cc1ccc(OS(=O)(=O)c2cccc(C(F)(F)F)c2)cc1)C(=O)Cc1cccs1. The topological polar surface area (TPSA) is 63.7 Å². The highest BCUT2D eigenvalue weighted by Crippen LogP contribution is 2.31. The fourth-order valence-corrected chi connectivity index (χ4v) is 4.75. The number of amides is 1. The van der Waals surface area contributed by atoms with E-state index in [2.05, 4.69) is 0 Å². The lowest BCUT2D eigenvalue weighted by atomic mass is 10.1. The summed E-state index contributed by atoms with van der Waals surface area (Å²) in [7, 11) is -4.45. The zero-order valence-electron chi connectivity index (χ0n) is 17.9. The molecule has 0 spiro atoms. The van der Waals surface area contributed by atoms with Gasteiger partial charge in [-0.25, -0.2) is 0 Å². The largest absolute Gasteiger partial charge is 0.416 e. The van der Waals surface area contributed by atoms with Crippen molar-refractivity contribution in [3.8, 4) is 5.75 Å². The zero-order valence-corrected chi connectivity index (χ0v) is 19.5. The third-order valence-electron chi connectivity index (χ3n) is 4.78. The molecule has 1 amide bonds. The predicted octanol–water partition coefficient (Wildman–Crippen LogP) is 5.51. The first-order valence-corrected chi connectivity index (χ1v) is 12.3. The molecule has 3 rings (SSSR count). The van der Waals surface area contributed by atoms with Gasteiger partial charge in [-0.15, -0.1) is 11.3 Å². The van der Waals surface area contributed by atoms with Gasteiger partial charge in [0, 0.05) is 17.5 Å². The molecule has 0 unspecified atom stereocenters. The van der Waals surface area contributed by atoms with Crippen molar-refractivity contribution in [2.75, 3.05) is 0 Å². The molecule has 5 nitrogen and oxygen atoms in total. The molecule has 0 bridgehead atoms. The summed E-state index contributed by atoms with van der Waals surface area (Å²) in [5.74, 6) is -0.0722. The van der Waals surface area contributed by atoms with E-state index in [-0.39, 0.29) is 17.7 Å². The maximum atomic E-state index is 12.9. The van der Waals surface area contributed by atoms with Crippen molar-refractivity contribution in [2.24, 2.45) is 0 Å². The first-order valence-electron chi connectivity index (χ1n) is 9.98. The summed E-state index contributed by atoms with van der Waals surface area (Å²) in [5.41, 5.74) is -0.324. The number of hydrogen-bond acceptors (Lipinski definition) is 5. The highest BCUT2D eigenvalue weighted by Gasteiger charge is 2.32. The van der Waals surface area contributed by atoms with Gasteiger partial charge in [-0.2, -0.15) is 21.6 Å². The average molecular weight is 498 g/mol. The second kappa shape index (κ2) is 9.96. The minimum absolute atomic E-state index is 0.0279. The molecule has 3 aromatic rings. The van der Waals surface area contributed by atoms with Crippen LogP contribution in [0.1, 0.15) is 29.9 Å². The minimum atomic E-state index is -4.67. The van der Waals surface area contributed by atoms with E-state index >= 15 is 0 Å². The lowest BCUT2D eigenvalue weighted by Crippen LogP contribution is -2.37. The van der Waals surface area contributed by atoms with Crippen LogP contribution in [-0.4, -0.2) is 25.3 Å². The molecule has 0 saturated carbocycles. The zero-order chi connectivity index (χ0) is 24.2. The summed E-state index contributed by atoms with van der Waals surface area (Å²) >= 11 is 1.51. The number of halogens is 3. The third kappa shape index (κ3) is 6.58. The number of benzene rings is 2. The number of carbonyl (C=O) groups excluding carboxylic acids is 1. The van der Waals surface area contributed by atoms with Crippen LogP contribution < -0.4 is 4.18 Å². The standard InChI is InChI=1S/C23H22F3NO4S2/c1-16(2)27(22(28)14-20-6-4-12-32-20)15-17-8-10-19(11-9-17)31-33(29,30)21-7-3-5-18(13-21)23(24,25)26/h3-13,16H,14-15H2,1-2H3. The minimum Gasteiger partial charge on any atom is -0.379 e. The van der Waals surface area contributed by atoms with Crippen molar-refractivity contribution in [2.45, 2.75) is 43.9 Å². The fraction of sp³-hybridized carbons (Fsp3) is 0.261. The Bertz CT molecular complexity index is 1190. The summed E-state index contributed by atoms with van der Waals surface area (Å²) < 4.78 is 68.5. The van der Waals surface area contributed by atoms with E-state index in [0.717, 1.165) is 28.6 Å². The van der Waals surface area contributed by atoms with Gasteiger partial charge in [0.05, 0.1) is 12.0 Å². The van der Waals surface area contributed by atoms with Crippen molar-refractivity contribution >= 4 is 27.4 Å².